The molecule has 3 aliphatic rings. The topological polar surface area (TPSA) is 97.3 Å². The Hall–Kier alpha value is -5.12. The summed E-state index contributed by atoms with van der Waals surface area (Å²) in [4.78, 5) is 28.1. The van der Waals surface area contributed by atoms with Crippen molar-refractivity contribution in [2.45, 2.75) is 18.9 Å². The maximum absolute atomic E-state index is 14.1. The van der Waals surface area contributed by atoms with Crippen LogP contribution >= 0.6 is 0 Å². The molecule has 0 aliphatic carbocycles. The molecule has 0 saturated carbocycles. The van der Waals surface area contributed by atoms with Crippen molar-refractivity contribution in [2.75, 3.05) is 26.8 Å². The molecular formula is C33H28F2N2O6. The number of rotatable bonds is 2. The average Bonchev–Trinajstić information content (AvgIpc) is 2.99. The molecule has 7 rings (SSSR count). The lowest BCUT2D eigenvalue weighted by Gasteiger charge is -2.38. The van der Waals surface area contributed by atoms with Crippen LogP contribution in [0.3, 0.4) is 0 Å². The minimum Gasteiger partial charge on any atom is -0.507 e. The Bertz CT molecular complexity index is 1710. The molecule has 1 atom stereocenters. The second-order valence-electron chi connectivity index (χ2n) is 10.3. The van der Waals surface area contributed by atoms with E-state index < -0.39 is 29.5 Å². The van der Waals surface area contributed by atoms with Crippen molar-refractivity contribution in [2.24, 2.45) is 0 Å². The largest absolute Gasteiger partial charge is 0.507 e. The Labute approximate surface area is 246 Å². The number of carbonyl (C=O) groups excluding carboxylic acids is 2. The van der Waals surface area contributed by atoms with Crippen molar-refractivity contribution >= 4 is 11.8 Å². The van der Waals surface area contributed by atoms with Crippen LogP contribution in [-0.2, 0) is 6.42 Å². The zero-order valence-electron chi connectivity index (χ0n) is 23.2. The van der Waals surface area contributed by atoms with E-state index in [1.807, 2.05) is 18.2 Å². The van der Waals surface area contributed by atoms with E-state index in [2.05, 4.69) is 5.32 Å². The summed E-state index contributed by atoms with van der Waals surface area (Å²) in [7, 11) is 1.52. The third-order valence-corrected chi connectivity index (χ3v) is 7.53. The number of phenols is 1. The summed E-state index contributed by atoms with van der Waals surface area (Å²) >= 11 is 0. The summed E-state index contributed by atoms with van der Waals surface area (Å²) in [5, 5.41) is 13.1. The molecule has 8 nitrogen and oxygen atoms in total. The lowest BCUT2D eigenvalue weighted by atomic mass is 9.87. The first-order valence-electron chi connectivity index (χ1n) is 13.8. The van der Waals surface area contributed by atoms with E-state index in [9.17, 15) is 23.5 Å². The van der Waals surface area contributed by atoms with E-state index in [0.29, 0.717) is 41.4 Å². The van der Waals surface area contributed by atoms with Crippen molar-refractivity contribution in [3.63, 3.8) is 0 Å². The Morgan fingerprint density at radius 2 is 1.77 bits per heavy atom. The van der Waals surface area contributed by atoms with Crippen molar-refractivity contribution in [3.8, 4) is 28.7 Å². The van der Waals surface area contributed by atoms with Crippen LogP contribution in [-0.4, -0.2) is 48.6 Å². The maximum atomic E-state index is 14.1. The molecule has 3 heterocycles. The van der Waals surface area contributed by atoms with E-state index in [1.54, 1.807) is 29.2 Å². The van der Waals surface area contributed by atoms with Gasteiger partial charge in [0.25, 0.3) is 11.8 Å². The number of ether oxygens (including phenoxy) is 3. The molecule has 8 bridgehead atoms. The highest BCUT2D eigenvalue weighted by Crippen LogP contribution is 2.41. The van der Waals surface area contributed by atoms with Gasteiger partial charge in [0.1, 0.15) is 28.9 Å². The van der Waals surface area contributed by atoms with Gasteiger partial charge in [-0.25, -0.2) is 8.78 Å². The van der Waals surface area contributed by atoms with Gasteiger partial charge in [-0.1, -0.05) is 12.1 Å². The fraction of sp³-hybridized carbons (Fsp3) is 0.212. The summed E-state index contributed by atoms with van der Waals surface area (Å²) in [5.74, 6) is -1.01. The highest BCUT2D eigenvalue weighted by Gasteiger charge is 2.34. The van der Waals surface area contributed by atoms with E-state index in [0.717, 1.165) is 29.3 Å². The van der Waals surface area contributed by atoms with Crippen LogP contribution in [0.1, 0.15) is 49.9 Å². The zero-order chi connectivity index (χ0) is 30.1. The molecule has 2 N–H and O–H groups in total. The molecule has 0 aromatic heterocycles. The van der Waals surface area contributed by atoms with Crippen LogP contribution in [0.25, 0.3) is 0 Å². The number of aromatic hydroxyl groups is 1. The normalized spacial score (nSPS) is 16.3. The van der Waals surface area contributed by atoms with Crippen LogP contribution in [0.15, 0.2) is 72.8 Å². The van der Waals surface area contributed by atoms with Crippen LogP contribution in [0.5, 0.6) is 28.7 Å². The number of halogens is 2. The van der Waals surface area contributed by atoms with Crippen LogP contribution in [0.2, 0.25) is 0 Å². The number of hydrogen-bond acceptors (Lipinski definition) is 6. The van der Waals surface area contributed by atoms with Gasteiger partial charge in [0, 0.05) is 24.7 Å². The van der Waals surface area contributed by atoms with Crippen molar-refractivity contribution in [3.05, 3.63) is 112 Å². The fourth-order valence-electron chi connectivity index (χ4n) is 5.51. The molecule has 4 aromatic carbocycles. The molecule has 1 unspecified atom stereocenters. The fourth-order valence-corrected chi connectivity index (χ4v) is 5.51. The highest BCUT2D eigenvalue weighted by molar-refractivity contribution is 5.97. The van der Waals surface area contributed by atoms with Crippen molar-refractivity contribution in [1.29, 1.82) is 0 Å². The minimum absolute atomic E-state index is 0.0786. The molecule has 0 fully saturated rings. The molecule has 10 heteroatoms. The lowest BCUT2D eigenvalue weighted by Crippen LogP contribution is -2.40. The first-order valence-corrected chi connectivity index (χ1v) is 13.8. The minimum atomic E-state index is -0.832. The Morgan fingerprint density at radius 1 is 1.00 bits per heavy atom. The standard InChI is InChI=1S/C33H28F2N2O6/c1-41-29-8-3-20-16-30(29)42-12-2-10-36-32(39)27-18-25(5-7-28(27)38)43-24-4-6-26-19(15-24)9-11-37(31(20)26)33(40)21-13-22(34)17-23(35)14-21/h3-8,13-18,31,38H,2,9-12H2,1H3,(H,36,39). The second kappa shape index (κ2) is 11.6. The molecule has 4 aromatic rings. The van der Waals surface area contributed by atoms with Crippen molar-refractivity contribution < 1.29 is 37.7 Å². The van der Waals surface area contributed by atoms with Gasteiger partial charge in [-0.15, -0.1) is 0 Å². The Morgan fingerprint density at radius 3 is 2.56 bits per heavy atom. The summed E-state index contributed by atoms with van der Waals surface area (Å²) < 4.78 is 45.8. The summed E-state index contributed by atoms with van der Waals surface area (Å²) in [6, 6.07) is 17.5. The number of nitrogens with zero attached hydrogens (tertiary/aromatic N) is 1. The van der Waals surface area contributed by atoms with Crippen molar-refractivity contribution in [1.82, 2.24) is 10.2 Å². The first-order chi connectivity index (χ1) is 20.8. The number of carbonyl (C=O) groups is 2. The molecule has 3 aliphatic heterocycles. The van der Waals surface area contributed by atoms with Gasteiger partial charge in [0.15, 0.2) is 11.5 Å². The van der Waals surface area contributed by atoms with Crippen LogP contribution in [0, 0.1) is 11.6 Å². The second-order valence-corrected chi connectivity index (χ2v) is 10.3. The molecule has 0 spiro atoms. The van der Waals surface area contributed by atoms with E-state index in [4.69, 9.17) is 14.2 Å². The van der Waals surface area contributed by atoms with Crippen LogP contribution in [0.4, 0.5) is 8.78 Å². The van der Waals surface area contributed by atoms with Gasteiger partial charge < -0.3 is 29.5 Å². The highest BCUT2D eigenvalue weighted by atomic mass is 19.1. The van der Waals surface area contributed by atoms with Gasteiger partial charge in [-0.2, -0.15) is 0 Å². The van der Waals surface area contributed by atoms with Gasteiger partial charge in [-0.05, 0) is 84.1 Å². The van der Waals surface area contributed by atoms with Gasteiger partial charge in [0.2, 0.25) is 0 Å². The molecular weight excluding hydrogens is 558 g/mol. The Balaban J connectivity index is 1.46. The molecule has 2 amide bonds. The first kappa shape index (κ1) is 28.0. The number of benzene rings is 4. The van der Waals surface area contributed by atoms with E-state index >= 15 is 0 Å². The predicted octanol–water partition coefficient (Wildman–Crippen LogP) is 5.77. The predicted molar refractivity (Wildman–Crippen MR) is 153 cm³/mol. The van der Waals surface area contributed by atoms with E-state index in [1.165, 1.54) is 19.2 Å². The van der Waals surface area contributed by atoms with Gasteiger partial charge >= 0.3 is 0 Å². The van der Waals surface area contributed by atoms with Gasteiger partial charge in [0.05, 0.1) is 25.3 Å². The number of fused-ring (bicyclic) bond motifs is 6. The SMILES string of the molecule is COc1ccc2cc1OCCCNC(=O)c1cc(ccc1O)Oc1ccc3c(c1)CCN(C(=O)c1cc(F)cc(F)c1)C23. The van der Waals surface area contributed by atoms with Gasteiger partial charge in [-0.3, -0.25) is 9.59 Å². The molecule has 220 valence electrons. The lowest BCUT2D eigenvalue weighted by molar-refractivity contribution is 0.0693. The third kappa shape index (κ3) is 5.68. The number of hydrogen-bond donors (Lipinski definition) is 2. The van der Waals surface area contributed by atoms with E-state index in [-0.39, 0.29) is 36.6 Å². The Kier molecular flexibility index (Phi) is 7.58. The zero-order valence-corrected chi connectivity index (χ0v) is 23.2. The van der Waals surface area contributed by atoms with Crippen LogP contribution < -0.4 is 19.5 Å². The molecule has 0 saturated heterocycles. The smallest absolute Gasteiger partial charge is 0.255 e. The molecule has 0 radical (unpaired) electrons. The third-order valence-electron chi connectivity index (χ3n) is 7.53. The number of nitrogens with one attached hydrogen (secondary N) is 1. The monoisotopic (exact) mass is 586 g/mol. The average molecular weight is 587 g/mol. The summed E-state index contributed by atoms with van der Waals surface area (Å²) in [6.07, 6.45) is 0.912. The quantitative estimate of drug-likeness (QED) is 0.310. The number of methoxy groups -OCH3 is 1. The maximum Gasteiger partial charge on any atom is 0.255 e. The summed E-state index contributed by atoms with van der Waals surface area (Å²) in [5.41, 5.74) is 2.43. The summed E-state index contributed by atoms with van der Waals surface area (Å²) in [6.45, 7) is 0.791. The number of phenolic OH excluding ortho intramolecular Hbond substituents is 1. The molecule has 43 heavy (non-hydrogen) atoms. The number of amides is 2.